The number of hydrogen-bond acceptors (Lipinski definition) is 3. The van der Waals surface area contributed by atoms with Crippen LogP contribution in [-0.2, 0) is 4.79 Å². The summed E-state index contributed by atoms with van der Waals surface area (Å²) in [7, 11) is 1.99. The van der Waals surface area contributed by atoms with E-state index in [0.29, 0.717) is 6.04 Å². The van der Waals surface area contributed by atoms with Gasteiger partial charge in [0.15, 0.2) is 0 Å². The van der Waals surface area contributed by atoms with Crippen LogP contribution >= 0.6 is 0 Å². The summed E-state index contributed by atoms with van der Waals surface area (Å²) < 4.78 is 0. The first kappa shape index (κ1) is 16.4. The molecule has 0 aromatic rings. The second-order valence-electron chi connectivity index (χ2n) is 5.60. The molecular weight excluding hydrogens is 238 g/mol. The summed E-state index contributed by atoms with van der Waals surface area (Å²) in [5.41, 5.74) is 0. The minimum atomic E-state index is 0.0130. The lowest BCUT2D eigenvalue weighted by Crippen LogP contribution is -2.52. The maximum absolute atomic E-state index is 12.2. The van der Waals surface area contributed by atoms with Crippen molar-refractivity contribution in [2.75, 3.05) is 26.7 Å². The first-order valence-electron chi connectivity index (χ1n) is 7.88. The molecule has 2 N–H and O–H groups in total. The van der Waals surface area contributed by atoms with E-state index in [2.05, 4.69) is 29.4 Å². The molecule has 0 aromatic heterocycles. The smallest absolute Gasteiger partial charge is 0.237 e. The summed E-state index contributed by atoms with van der Waals surface area (Å²) in [6, 6.07) is 0.576. The molecule has 0 saturated carbocycles. The second-order valence-corrected chi connectivity index (χ2v) is 5.60. The molecule has 0 aromatic carbocycles. The van der Waals surface area contributed by atoms with Gasteiger partial charge in [0.2, 0.25) is 5.91 Å². The van der Waals surface area contributed by atoms with Crippen LogP contribution in [0.25, 0.3) is 0 Å². The highest BCUT2D eigenvalue weighted by Gasteiger charge is 2.29. The molecule has 19 heavy (non-hydrogen) atoms. The Labute approximate surface area is 118 Å². The zero-order valence-corrected chi connectivity index (χ0v) is 12.9. The fraction of sp³-hybridized carbons (Fsp3) is 0.933. The maximum atomic E-state index is 12.2. The summed E-state index contributed by atoms with van der Waals surface area (Å²) in [6.45, 7) is 7.11. The van der Waals surface area contributed by atoms with Crippen molar-refractivity contribution in [2.24, 2.45) is 0 Å². The topological polar surface area (TPSA) is 44.4 Å². The van der Waals surface area contributed by atoms with Gasteiger partial charge in [-0.1, -0.05) is 19.8 Å². The molecule has 112 valence electrons. The van der Waals surface area contributed by atoms with E-state index >= 15 is 0 Å². The van der Waals surface area contributed by atoms with Gasteiger partial charge in [-0.15, -0.1) is 0 Å². The molecule has 4 heteroatoms. The number of rotatable bonds is 8. The highest BCUT2D eigenvalue weighted by Crippen LogP contribution is 2.21. The number of likely N-dealkylation sites (tertiary alicyclic amines) is 1. The number of carbonyl (C=O) groups excluding carboxylic acids is 1. The maximum Gasteiger partial charge on any atom is 0.237 e. The summed E-state index contributed by atoms with van der Waals surface area (Å²) in [5, 5.41) is 6.28. The third kappa shape index (κ3) is 5.49. The van der Waals surface area contributed by atoms with Crippen molar-refractivity contribution in [3.05, 3.63) is 0 Å². The minimum Gasteiger partial charge on any atom is -0.355 e. The molecule has 0 spiro atoms. The van der Waals surface area contributed by atoms with Gasteiger partial charge in [0.05, 0.1) is 6.04 Å². The van der Waals surface area contributed by atoms with Gasteiger partial charge in [-0.3, -0.25) is 9.69 Å². The first-order chi connectivity index (χ1) is 9.20. The molecule has 1 aliphatic rings. The van der Waals surface area contributed by atoms with Crippen LogP contribution < -0.4 is 10.6 Å². The van der Waals surface area contributed by atoms with Gasteiger partial charge in [0, 0.05) is 12.6 Å². The molecular formula is C15H31N3O. The Morgan fingerprint density at radius 3 is 2.84 bits per heavy atom. The van der Waals surface area contributed by atoms with Crippen LogP contribution in [0.3, 0.4) is 0 Å². The van der Waals surface area contributed by atoms with Crippen molar-refractivity contribution in [3.63, 3.8) is 0 Å². The van der Waals surface area contributed by atoms with Gasteiger partial charge in [-0.2, -0.15) is 0 Å². The monoisotopic (exact) mass is 269 g/mol. The highest BCUT2D eigenvalue weighted by atomic mass is 16.2. The molecule has 0 aliphatic carbocycles. The average Bonchev–Trinajstić information content (AvgIpc) is 2.44. The van der Waals surface area contributed by atoms with Gasteiger partial charge in [0.1, 0.15) is 0 Å². The zero-order valence-electron chi connectivity index (χ0n) is 12.9. The van der Waals surface area contributed by atoms with E-state index in [1.165, 1.54) is 19.3 Å². The fourth-order valence-electron chi connectivity index (χ4n) is 2.84. The normalized spacial score (nSPS) is 22.2. The SMILES string of the molecule is CCCCNC(=O)C(C)N1CCCCC1CCNC. The number of nitrogens with zero attached hydrogens (tertiary/aromatic N) is 1. The van der Waals surface area contributed by atoms with E-state index in [9.17, 15) is 4.79 Å². The summed E-state index contributed by atoms with van der Waals surface area (Å²) in [4.78, 5) is 14.6. The number of unbranched alkanes of at least 4 members (excludes halogenated alkanes) is 1. The van der Waals surface area contributed by atoms with Crippen molar-refractivity contribution in [1.82, 2.24) is 15.5 Å². The van der Waals surface area contributed by atoms with E-state index in [-0.39, 0.29) is 11.9 Å². The van der Waals surface area contributed by atoms with Gasteiger partial charge in [0.25, 0.3) is 0 Å². The highest BCUT2D eigenvalue weighted by molar-refractivity contribution is 5.81. The minimum absolute atomic E-state index is 0.0130. The van der Waals surface area contributed by atoms with Crippen LogP contribution in [0.1, 0.15) is 52.4 Å². The van der Waals surface area contributed by atoms with E-state index in [4.69, 9.17) is 0 Å². The van der Waals surface area contributed by atoms with Crippen LogP contribution in [0, 0.1) is 0 Å². The quantitative estimate of drug-likeness (QED) is 0.660. The van der Waals surface area contributed by atoms with Crippen molar-refractivity contribution < 1.29 is 4.79 Å². The summed E-state index contributed by atoms with van der Waals surface area (Å²) in [5.74, 6) is 0.199. The average molecular weight is 269 g/mol. The molecule has 1 amide bonds. The van der Waals surface area contributed by atoms with Gasteiger partial charge >= 0.3 is 0 Å². The molecule has 4 nitrogen and oxygen atoms in total. The van der Waals surface area contributed by atoms with Crippen LogP contribution in [0.5, 0.6) is 0 Å². The zero-order chi connectivity index (χ0) is 14.1. The Morgan fingerprint density at radius 2 is 2.16 bits per heavy atom. The van der Waals surface area contributed by atoms with E-state index in [1.807, 2.05) is 7.05 Å². The number of hydrogen-bond donors (Lipinski definition) is 2. The van der Waals surface area contributed by atoms with Crippen molar-refractivity contribution >= 4 is 5.91 Å². The second kappa shape index (κ2) is 9.32. The van der Waals surface area contributed by atoms with Crippen molar-refractivity contribution in [2.45, 2.75) is 64.5 Å². The molecule has 0 bridgehead atoms. The molecule has 0 radical (unpaired) electrons. The predicted molar refractivity (Wildman–Crippen MR) is 80.3 cm³/mol. The number of amides is 1. The standard InChI is InChI=1S/C15H31N3O/c1-4-5-10-17-15(19)13(2)18-12-7-6-8-14(18)9-11-16-3/h13-14,16H,4-12H2,1-3H3,(H,17,19). The number of nitrogens with one attached hydrogen (secondary N) is 2. The van der Waals surface area contributed by atoms with Crippen LogP contribution in [0.2, 0.25) is 0 Å². The molecule has 2 atom stereocenters. The number of piperidine rings is 1. The lowest BCUT2D eigenvalue weighted by atomic mass is 9.97. The lowest BCUT2D eigenvalue weighted by Gasteiger charge is -2.39. The largest absolute Gasteiger partial charge is 0.355 e. The Kier molecular flexibility index (Phi) is 8.07. The van der Waals surface area contributed by atoms with Gasteiger partial charge in [-0.05, 0) is 52.7 Å². The molecule has 1 aliphatic heterocycles. The van der Waals surface area contributed by atoms with E-state index in [0.717, 1.165) is 38.9 Å². The lowest BCUT2D eigenvalue weighted by molar-refractivity contribution is -0.127. The molecule has 2 unspecified atom stereocenters. The van der Waals surface area contributed by atoms with Crippen LogP contribution in [-0.4, -0.2) is 49.6 Å². The van der Waals surface area contributed by atoms with Crippen LogP contribution in [0.15, 0.2) is 0 Å². The third-order valence-corrected chi connectivity index (χ3v) is 4.11. The summed E-state index contributed by atoms with van der Waals surface area (Å²) >= 11 is 0. The third-order valence-electron chi connectivity index (χ3n) is 4.11. The van der Waals surface area contributed by atoms with Crippen molar-refractivity contribution in [1.29, 1.82) is 0 Å². The molecule has 1 rings (SSSR count). The fourth-order valence-corrected chi connectivity index (χ4v) is 2.84. The predicted octanol–water partition coefficient (Wildman–Crippen LogP) is 1.76. The van der Waals surface area contributed by atoms with Gasteiger partial charge in [-0.25, -0.2) is 0 Å². The van der Waals surface area contributed by atoms with Gasteiger partial charge < -0.3 is 10.6 Å². The van der Waals surface area contributed by atoms with E-state index in [1.54, 1.807) is 0 Å². The van der Waals surface area contributed by atoms with Crippen molar-refractivity contribution in [3.8, 4) is 0 Å². The Bertz CT molecular complexity index is 258. The molecule has 1 saturated heterocycles. The molecule has 1 heterocycles. The molecule has 1 fully saturated rings. The summed E-state index contributed by atoms with van der Waals surface area (Å²) in [6.07, 6.45) is 7.10. The van der Waals surface area contributed by atoms with E-state index < -0.39 is 0 Å². The first-order valence-corrected chi connectivity index (χ1v) is 7.88. The Morgan fingerprint density at radius 1 is 1.37 bits per heavy atom. The number of carbonyl (C=O) groups is 1. The van der Waals surface area contributed by atoms with Crippen LogP contribution in [0.4, 0.5) is 0 Å². The Hall–Kier alpha value is -0.610. The Balaban J connectivity index is 2.45.